The summed E-state index contributed by atoms with van der Waals surface area (Å²) in [6.45, 7) is 4.60. The first-order valence-electron chi connectivity index (χ1n) is 7.63. The Morgan fingerprint density at radius 1 is 1.11 bits per heavy atom. The number of nitrogens with zero attached hydrogens (tertiary/aromatic N) is 2. The lowest BCUT2D eigenvalue weighted by Crippen LogP contribution is -2.41. The van der Waals surface area contributed by atoms with Crippen LogP contribution in [-0.4, -0.2) is 43.1 Å². The van der Waals surface area contributed by atoms with Crippen molar-refractivity contribution in [3.8, 4) is 0 Å². The van der Waals surface area contributed by atoms with Gasteiger partial charge in [0.1, 0.15) is 0 Å². The Morgan fingerprint density at radius 2 is 1.83 bits per heavy atom. The van der Waals surface area contributed by atoms with Gasteiger partial charge in [-0.1, -0.05) is 19.3 Å². The molecule has 3 N–H and O–H groups in total. The van der Waals surface area contributed by atoms with E-state index in [-0.39, 0.29) is 0 Å². The fraction of sp³-hybridized carbons (Fsp3) is 0.929. The summed E-state index contributed by atoms with van der Waals surface area (Å²) in [7, 11) is 0. The molecule has 104 valence electrons. The largest absolute Gasteiger partial charge is 0.370 e. The van der Waals surface area contributed by atoms with Crippen molar-refractivity contribution >= 4 is 5.96 Å². The van der Waals surface area contributed by atoms with Gasteiger partial charge in [0.25, 0.3) is 0 Å². The summed E-state index contributed by atoms with van der Waals surface area (Å²) in [5.41, 5.74) is 5.92. The third kappa shape index (κ3) is 4.84. The van der Waals surface area contributed by atoms with Gasteiger partial charge < -0.3 is 16.0 Å². The number of likely N-dealkylation sites (tertiary alicyclic amines) is 1. The van der Waals surface area contributed by atoms with E-state index in [0.717, 1.165) is 13.0 Å². The molecular weight excluding hydrogens is 224 g/mol. The van der Waals surface area contributed by atoms with Crippen LogP contribution in [0.1, 0.15) is 51.4 Å². The van der Waals surface area contributed by atoms with E-state index >= 15 is 0 Å². The topological polar surface area (TPSA) is 53.6 Å². The normalized spacial score (nSPS) is 23.4. The molecular formula is C14H28N4. The van der Waals surface area contributed by atoms with Gasteiger partial charge in [-0.15, -0.1) is 0 Å². The smallest absolute Gasteiger partial charge is 0.188 e. The van der Waals surface area contributed by atoms with Crippen LogP contribution in [0.25, 0.3) is 0 Å². The van der Waals surface area contributed by atoms with E-state index < -0.39 is 0 Å². The molecule has 1 aliphatic carbocycles. The average Bonchev–Trinajstić information content (AvgIpc) is 2.89. The van der Waals surface area contributed by atoms with Crippen molar-refractivity contribution in [1.82, 2.24) is 10.2 Å². The van der Waals surface area contributed by atoms with E-state index in [2.05, 4.69) is 15.2 Å². The zero-order valence-corrected chi connectivity index (χ0v) is 11.5. The van der Waals surface area contributed by atoms with Crippen LogP contribution in [0.2, 0.25) is 0 Å². The fourth-order valence-corrected chi connectivity index (χ4v) is 3.00. The first-order valence-corrected chi connectivity index (χ1v) is 7.63. The quantitative estimate of drug-likeness (QED) is 0.445. The minimum atomic E-state index is 0.570. The summed E-state index contributed by atoms with van der Waals surface area (Å²) < 4.78 is 0. The van der Waals surface area contributed by atoms with Gasteiger partial charge in [0, 0.05) is 12.6 Å². The molecule has 0 amide bonds. The zero-order chi connectivity index (χ0) is 12.6. The summed E-state index contributed by atoms with van der Waals surface area (Å²) in [5.74, 6) is 0.656. The van der Waals surface area contributed by atoms with Gasteiger partial charge in [0.2, 0.25) is 0 Å². The third-order valence-electron chi connectivity index (χ3n) is 4.07. The van der Waals surface area contributed by atoms with Crippen molar-refractivity contribution in [1.29, 1.82) is 0 Å². The lowest BCUT2D eigenvalue weighted by atomic mass is 9.96. The number of nitrogens with one attached hydrogen (secondary N) is 1. The molecule has 1 saturated heterocycles. The number of aliphatic imine (C=N–C) groups is 1. The molecule has 1 aliphatic heterocycles. The van der Waals surface area contributed by atoms with Crippen molar-refractivity contribution in [3.63, 3.8) is 0 Å². The molecule has 0 aromatic carbocycles. The summed E-state index contributed by atoms with van der Waals surface area (Å²) in [4.78, 5) is 6.96. The minimum Gasteiger partial charge on any atom is -0.370 e. The molecule has 4 heteroatoms. The second-order valence-electron chi connectivity index (χ2n) is 5.65. The van der Waals surface area contributed by atoms with E-state index in [9.17, 15) is 0 Å². The van der Waals surface area contributed by atoms with Crippen LogP contribution in [0.4, 0.5) is 0 Å². The maximum Gasteiger partial charge on any atom is 0.188 e. The van der Waals surface area contributed by atoms with Gasteiger partial charge in [-0.25, -0.2) is 0 Å². The first-order chi connectivity index (χ1) is 8.84. The maximum atomic E-state index is 5.92. The lowest BCUT2D eigenvalue weighted by molar-refractivity contribution is 0.336. The fourth-order valence-electron chi connectivity index (χ4n) is 3.00. The molecule has 0 atom stereocenters. The molecule has 2 aliphatic rings. The summed E-state index contributed by atoms with van der Waals surface area (Å²) in [6.07, 6.45) is 10.4. The van der Waals surface area contributed by atoms with E-state index in [0.29, 0.717) is 12.0 Å². The van der Waals surface area contributed by atoms with Gasteiger partial charge in [-0.2, -0.15) is 0 Å². The van der Waals surface area contributed by atoms with Crippen LogP contribution in [0, 0.1) is 0 Å². The van der Waals surface area contributed by atoms with Gasteiger partial charge in [0.15, 0.2) is 5.96 Å². The Labute approximate surface area is 111 Å². The van der Waals surface area contributed by atoms with E-state index in [1.165, 1.54) is 64.6 Å². The highest BCUT2D eigenvalue weighted by molar-refractivity contribution is 5.78. The monoisotopic (exact) mass is 252 g/mol. The predicted molar refractivity (Wildman–Crippen MR) is 76.8 cm³/mol. The van der Waals surface area contributed by atoms with E-state index in [1.807, 2.05) is 0 Å². The standard InChI is InChI=1S/C14H28N4/c15-14(17-13-7-2-1-3-8-13)16-9-6-12-18-10-4-5-11-18/h13H,1-12H2,(H3,15,16,17). The molecule has 1 saturated carbocycles. The second-order valence-corrected chi connectivity index (χ2v) is 5.65. The molecule has 0 aromatic heterocycles. The van der Waals surface area contributed by atoms with Crippen LogP contribution in [0.3, 0.4) is 0 Å². The second kappa shape index (κ2) is 7.62. The highest BCUT2D eigenvalue weighted by Gasteiger charge is 2.13. The highest BCUT2D eigenvalue weighted by Crippen LogP contribution is 2.17. The van der Waals surface area contributed by atoms with Crippen molar-refractivity contribution in [3.05, 3.63) is 0 Å². The molecule has 0 radical (unpaired) electrons. The van der Waals surface area contributed by atoms with Crippen LogP contribution in [0.5, 0.6) is 0 Å². The molecule has 1 heterocycles. The SMILES string of the molecule is NC(=NCCCN1CCCC1)NC1CCCCC1. The summed E-state index contributed by atoms with van der Waals surface area (Å²) in [6, 6.07) is 0.570. The van der Waals surface area contributed by atoms with Crippen LogP contribution >= 0.6 is 0 Å². The van der Waals surface area contributed by atoms with Gasteiger partial charge in [-0.3, -0.25) is 4.99 Å². The Balaban J connectivity index is 1.56. The van der Waals surface area contributed by atoms with Crippen molar-refractivity contribution in [2.75, 3.05) is 26.2 Å². The molecule has 2 rings (SSSR count). The predicted octanol–water partition coefficient (Wildman–Crippen LogP) is 1.71. The molecule has 18 heavy (non-hydrogen) atoms. The Kier molecular flexibility index (Phi) is 5.78. The van der Waals surface area contributed by atoms with Gasteiger partial charge in [0.05, 0.1) is 0 Å². The maximum absolute atomic E-state index is 5.92. The van der Waals surface area contributed by atoms with Gasteiger partial charge in [-0.05, 0) is 51.7 Å². The molecule has 0 bridgehead atoms. The highest BCUT2D eigenvalue weighted by atomic mass is 15.1. The van der Waals surface area contributed by atoms with Crippen molar-refractivity contribution in [2.24, 2.45) is 10.7 Å². The summed E-state index contributed by atoms with van der Waals surface area (Å²) in [5, 5.41) is 3.36. The number of rotatable bonds is 5. The zero-order valence-electron chi connectivity index (χ0n) is 11.5. The number of hydrogen-bond donors (Lipinski definition) is 2. The average molecular weight is 252 g/mol. The molecule has 4 nitrogen and oxygen atoms in total. The van der Waals surface area contributed by atoms with Crippen LogP contribution < -0.4 is 11.1 Å². The Bertz CT molecular complexity index is 253. The van der Waals surface area contributed by atoms with Crippen molar-refractivity contribution in [2.45, 2.75) is 57.4 Å². The third-order valence-corrected chi connectivity index (χ3v) is 4.07. The molecule has 0 aromatic rings. The first kappa shape index (κ1) is 13.7. The molecule has 0 unspecified atom stereocenters. The Morgan fingerprint density at radius 3 is 2.56 bits per heavy atom. The summed E-state index contributed by atoms with van der Waals surface area (Å²) >= 11 is 0. The van der Waals surface area contributed by atoms with E-state index in [4.69, 9.17) is 5.73 Å². The van der Waals surface area contributed by atoms with Crippen LogP contribution in [-0.2, 0) is 0 Å². The lowest BCUT2D eigenvalue weighted by Gasteiger charge is -2.23. The van der Waals surface area contributed by atoms with Gasteiger partial charge >= 0.3 is 0 Å². The molecule has 2 fully saturated rings. The number of hydrogen-bond acceptors (Lipinski definition) is 2. The number of guanidine groups is 1. The molecule has 0 spiro atoms. The Hall–Kier alpha value is -0.770. The van der Waals surface area contributed by atoms with Crippen molar-refractivity contribution < 1.29 is 0 Å². The van der Waals surface area contributed by atoms with E-state index in [1.54, 1.807) is 0 Å². The minimum absolute atomic E-state index is 0.570. The van der Waals surface area contributed by atoms with Crippen LogP contribution in [0.15, 0.2) is 4.99 Å². The number of nitrogens with two attached hydrogens (primary N) is 1.